The molecule has 0 atom stereocenters. The summed E-state index contributed by atoms with van der Waals surface area (Å²) in [7, 11) is 0. The average molecular weight is 206 g/mol. The fourth-order valence-corrected chi connectivity index (χ4v) is 1.76. The average Bonchev–Trinajstić information content (AvgIpc) is 2.27. The van der Waals surface area contributed by atoms with Crippen LogP contribution < -0.4 is 0 Å². The highest BCUT2D eigenvalue weighted by Crippen LogP contribution is 2.11. The Balaban J connectivity index is 2.42. The first kappa shape index (κ1) is 12.3. The minimum Gasteiger partial charge on any atom is -0.396 e. The number of aliphatic hydroxyl groups is 1. The van der Waals surface area contributed by atoms with Gasteiger partial charge in [-0.2, -0.15) is 0 Å². The molecular weight excluding hydrogens is 184 g/mol. The van der Waals surface area contributed by atoms with Gasteiger partial charge in [-0.1, -0.05) is 37.6 Å². The number of rotatable bonds is 7. The molecule has 1 aromatic carbocycles. The second kappa shape index (κ2) is 7.47. The molecule has 0 aromatic heterocycles. The normalized spacial score (nSPS) is 10.5. The van der Waals surface area contributed by atoms with E-state index in [9.17, 15) is 0 Å². The van der Waals surface area contributed by atoms with Crippen LogP contribution in [0.4, 0.5) is 0 Å². The molecule has 1 aromatic rings. The van der Waals surface area contributed by atoms with Crippen LogP contribution in [0, 0.1) is 0 Å². The molecule has 0 aliphatic carbocycles. The summed E-state index contributed by atoms with van der Waals surface area (Å²) in [6.07, 6.45) is 6.84. The third-order valence-electron chi connectivity index (χ3n) is 2.68. The number of aryl methyl sites for hydroxylation is 2. The van der Waals surface area contributed by atoms with E-state index in [0.29, 0.717) is 6.61 Å². The molecule has 1 N–H and O–H groups in total. The van der Waals surface area contributed by atoms with E-state index in [1.54, 1.807) is 0 Å². The zero-order valence-electron chi connectivity index (χ0n) is 9.71. The molecule has 0 spiro atoms. The molecule has 0 fully saturated rings. The van der Waals surface area contributed by atoms with Crippen LogP contribution in [0.15, 0.2) is 24.3 Å². The lowest BCUT2D eigenvalue weighted by atomic mass is 10.0. The summed E-state index contributed by atoms with van der Waals surface area (Å²) in [5.41, 5.74) is 2.87. The van der Waals surface area contributed by atoms with Gasteiger partial charge in [-0.05, 0) is 43.2 Å². The monoisotopic (exact) mass is 206 g/mol. The van der Waals surface area contributed by atoms with Crippen molar-refractivity contribution in [1.29, 1.82) is 0 Å². The summed E-state index contributed by atoms with van der Waals surface area (Å²) >= 11 is 0. The van der Waals surface area contributed by atoms with E-state index >= 15 is 0 Å². The number of unbranched alkanes of at least 4 members (excludes halogenated alkanes) is 2. The summed E-state index contributed by atoms with van der Waals surface area (Å²) in [5, 5.41) is 8.72. The molecule has 1 nitrogen and oxygen atoms in total. The van der Waals surface area contributed by atoms with Gasteiger partial charge < -0.3 is 5.11 Å². The van der Waals surface area contributed by atoms with Crippen molar-refractivity contribution >= 4 is 0 Å². The minimum atomic E-state index is 0.315. The molecule has 1 rings (SSSR count). The van der Waals surface area contributed by atoms with Gasteiger partial charge in [0.05, 0.1) is 0 Å². The first-order chi connectivity index (χ1) is 7.36. The van der Waals surface area contributed by atoms with Crippen LogP contribution in [0.1, 0.15) is 43.7 Å². The number of hydrogen-bond acceptors (Lipinski definition) is 1. The fraction of sp³-hybridized carbons (Fsp3) is 0.571. The Kier molecular flexibility index (Phi) is 6.10. The molecule has 0 unspecified atom stereocenters. The maximum absolute atomic E-state index is 8.72. The quantitative estimate of drug-likeness (QED) is 0.678. The molecular formula is C14H22O. The van der Waals surface area contributed by atoms with Crippen LogP contribution in [0.2, 0.25) is 0 Å². The van der Waals surface area contributed by atoms with Crippen LogP contribution in [-0.2, 0) is 12.8 Å². The van der Waals surface area contributed by atoms with Crippen molar-refractivity contribution in [1.82, 2.24) is 0 Å². The largest absolute Gasteiger partial charge is 0.396 e. The highest BCUT2D eigenvalue weighted by molar-refractivity contribution is 5.23. The van der Waals surface area contributed by atoms with Crippen molar-refractivity contribution in [2.75, 3.05) is 6.61 Å². The minimum absolute atomic E-state index is 0.315. The highest BCUT2D eigenvalue weighted by Gasteiger charge is 1.96. The maximum atomic E-state index is 8.72. The Bertz CT molecular complexity index is 268. The van der Waals surface area contributed by atoms with E-state index in [1.807, 2.05) is 0 Å². The summed E-state index contributed by atoms with van der Waals surface area (Å²) in [4.78, 5) is 0. The molecule has 0 bridgehead atoms. The lowest BCUT2D eigenvalue weighted by Crippen LogP contribution is -1.91. The first-order valence-corrected chi connectivity index (χ1v) is 6.05. The number of benzene rings is 1. The summed E-state index contributed by atoms with van der Waals surface area (Å²) < 4.78 is 0. The van der Waals surface area contributed by atoms with Gasteiger partial charge in [-0.25, -0.2) is 0 Å². The van der Waals surface area contributed by atoms with Gasteiger partial charge in [0.15, 0.2) is 0 Å². The standard InChI is InChI=1S/C14H22O/c1-2-3-7-13-9-6-10-14(12-13)8-4-5-11-15/h6,9-10,12,15H,2-5,7-8,11H2,1H3. The van der Waals surface area contributed by atoms with Crippen molar-refractivity contribution in [3.63, 3.8) is 0 Å². The van der Waals surface area contributed by atoms with Crippen LogP contribution in [0.25, 0.3) is 0 Å². The Morgan fingerprint density at radius 3 is 2.27 bits per heavy atom. The number of aliphatic hydroxyl groups excluding tert-OH is 1. The molecule has 0 aliphatic rings. The van der Waals surface area contributed by atoms with E-state index in [1.165, 1.54) is 30.4 Å². The Morgan fingerprint density at radius 2 is 1.67 bits per heavy atom. The third kappa shape index (κ3) is 4.98. The molecule has 15 heavy (non-hydrogen) atoms. The van der Waals surface area contributed by atoms with Gasteiger partial charge >= 0.3 is 0 Å². The molecule has 0 radical (unpaired) electrons. The first-order valence-electron chi connectivity index (χ1n) is 6.05. The van der Waals surface area contributed by atoms with E-state index in [4.69, 9.17) is 5.11 Å². The molecule has 0 saturated heterocycles. The second-order valence-corrected chi connectivity index (χ2v) is 4.10. The van der Waals surface area contributed by atoms with E-state index in [-0.39, 0.29) is 0 Å². The van der Waals surface area contributed by atoms with Crippen molar-refractivity contribution in [3.05, 3.63) is 35.4 Å². The predicted octanol–water partition coefficient (Wildman–Crippen LogP) is 3.34. The molecule has 0 aliphatic heterocycles. The van der Waals surface area contributed by atoms with Crippen molar-refractivity contribution in [2.45, 2.75) is 45.4 Å². The topological polar surface area (TPSA) is 20.2 Å². The molecule has 0 amide bonds. The molecule has 84 valence electrons. The maximum Gasteiger partial charge on any atom is 0.0431 e. The van der Waals surface area contributed by atoms with Crippen molar-refractivity contribution in [2.24, 2.45) is 0 Å². The van der Waals surface area contributed by atoms with Crippen LogP contribution in [-0.4, -0.2) is 11.7 Å². The van der Waals surface area contributed by atoms with Crippen LogP contribution in [0.3, 0.4) is 0 Å². The molecule has 0 heterocycles. The lowest BCUT2D eigenvalue weighted by molar-refractivity contribution is 0.284. The fourth-order valence-electron chi connectivity index (χ4n) is 1.76. The summed E-state index contributed by atoms with van der Waals surface area (Å²) in [6, 6.07) is 8.87. The SMILES string of the molecule is CCCCc1cccc(CCCCO)c1. The smallest absolute Gasteiger partial charge is 0.0431 e. The van der Waals surface area contributed by atoms with E-state index in [2.05, 4.69) is 31.2 Å². The molecule has 0 saturated carbocycles. The van der Waals surface area contributed by atoms with Crippen LogP contribution in [0.5, 0.6) is 0 Å². The second-order valence-electron chi connectivity index (χ2n) is 4.10. The van der Waals surface area contributed by atoms with Gasteiger partial charge in [-0.15, -0.1) is 0 Å². The van der Waals surface area contributed by atoms with Crippen molar-refractivity contribution in [3.8, 4) is 0 Å². The van der Waals surface area contributed by atoms with E-state index < -0.39 is 0 Å². The van der Waals surface area contributed by atoms with Gasteiger partial charge in [0.25, 0.3) is 0 Å². The number of hydrogen-bond donors (Lipinski definition) is 1. The Hall–Kier alpha value is -0.820. The molecule has 1 heteroatoms. The van der Waals surface area contributed by atoms with Crippen molar-refractivity contribution < 1.29 is 5.11 Å². The zero-order chi connectivity index (χ0) is 10.9. The van der Waals surface area contributed by atoms with Crippen LogP contribution >= 0.6 is 0 Å². The van der Waals surface area contributed by atoms with Gasteiger partial charge in [0.2, 0.25) is 0 Å². The van der Waals surface area contributed by atoms with Gasteiger partial charge in [0.1, 0.15) is 0 Å². The van der Waals surface area contributed by atoms with Gasteiger partial charge in [-0.3, -0.25) is 0 Å². The zero-order valence-corrected chi connectivity index (χ0v) is 9.71. The van der Waals surface area contributed by atoms with E-state index in [0.717, 1.165) is 19.3 Å². The summed E-state index contributed by atoms with van der Waals surface area (Å²) in [5.74, 6) is 0. The third-order valence-corrected chi connectivity index (χ3v) is 2.68. The predicted molar refractivity (Wildman–Crippen MR) is 65.1 cm³/mol. The lowest BCUT2D eigenvalue weighted by Gasteiger charge is -2.04. The van der Waals surface area contributed by atoms with Gasteiger partial charge in [0, 0.05) is 6.61 Å². The summed E-state index contributed by atoms with van der Waals surface area (Å²) in [6.45, 7) is 2.54. The Morgan fingerprint density at radius 1 is 1.00 bits per heavy atom. The Labute approximate surface area is 93.1 Å². The highest BCUT2D eigenvalue weighted by atomic mass is 16.2.